The van der Waals surface area contributed by atoms with E-state index in [0.29, 0.717) is 18.0 Å². The molecule has 3 nitrogen and oxygen atoms in total. The Kier molecular flexibility index (Phi) is 5.23. The molecular formula is C19H19ClN2O. The van der Waals surface area contributed by atoms with Gasteiger partial charge < -0.3 is 10.4 Å². The first-order chi connectivity index (χ1) is 11.3. The highest BCUT2D eigenvalue weighted by molar-refractivity contribution is 6.31. The predicted octanol–water partition coefficient (Wildman–Crippen LogP) is 4.10. The van der Waals surface area contributed by atoms with E-state index in [-0.39, 0.29) is 12.6 Å². The summed E-state index contributed by atoms with van der Waals surface area (Å²) in [7, 11) is 0. The topological polar surface area (TPSA) is 45.1 Å². The zero-order chi connectivity index (χ0) is 16.1. The van der Waals surface area contributed by atoms with E-state index in [9.17, 15) is 5.11 Å². The standard InChI is InChI=1S/C19H19ClN2O/c20-17-11-15-7-4-9-21-19(15)16(12-17)13-22-18(8-10-23)14-5-2-1-3-6-14/h1-7,9,11-12,18,22-23H,8,10,13H2/t18-/m1/s1. The highest BCUT2D eigenvalue weighted by atomic mass is 35.5. The molecule has 0 spiro atoms. The summed E-state index contributed by atoms with van der Waals surface area (Å²) < 4.78 is 0. The third kappa shape index (κ3) is 3.88. The molecule has 2 N–H and O–H groups in total. The first-order valence-electron chi connectivity index (χ1n) is 7.70. The van der Waals surface area contributed by atoms with Crippen LogP contribution in [0.1, 0.15) is 23.6 Å². The van der Waals surface area contributed by atoms with Crippen LogP contribution in [0.15, 0.2) is 60.8 Å². The minimum absolute atomic E-state index is 0.0962. The Morgan fingerprint density at radius 1 is 1.09 bits per heavy atom. The Hall–Kier alpha value is -1.94. The molecule has 0 radical (unpaired) electrons. The Labute approximate surface area is 140 Å². The molecule has 118 valence electrons. The van der Waals surface area contributed by atoms with Gasteiger partial charge in [0.05, 0.1) is 5.52 Å². The lowest BCUT2D eigenvalue weighted by Crippen LogP contribution is -2.22. The number of benzene rings is 2. The second kappa shape index (κ2) is 7.55. The van der Waals surface area contributed by atoms with Crippen LogP contribution in [0, 0.1) is 0 Å². The number of halogens is 1. The van der Waals surface area contributed by atoms with Gasteiger partial charge in [-0.05, 0) is 35.7 Å². The fraction of sp³-hybridized carbons (Fsp3) is 0.211. The maximum atomic E-state index is 9.34. The van der Waals surface area contributed by atoms with E-state index in [0.717, 1.165) is 16.5 Å². The zero-order valence-corrected chi connectivity index (χ0v) is 13.5. The van der Waals surface area contributed by atoms with Crippen LogP contribution in [0.5, 0.6) is 0 Å². The number of hydrogen-bond donors (Lipinski definition) is 2. The molecular weight excluding hydrogens is 308 g/mol. The fourth-order valence-electron chi connectivity index (χ4n) is 2.80. The molecule has 0 amide bonds. The summed E-state index contributed by atoms with van der Waals surface area (Å²) in [5.41, 5.74) is 3.19. The molecule has 0 saturated carbocycles. The molecule has 2 aromatic carbocycles. The molecule has 4 heteroatoms. The van der Waals surface area contributed by atoms with E-state index in [1.807, 2.05) is 42.5 Å². The van der Waals surface area contributed by atoms with Crippen molar-refractivity contribution in [2.45, 2.75) is 19.0 Å². The van der Waals surface area contributed by atoms with E-state index in [1.54, 1.807) is 6.20 Å². The van der Waals surface area contributed by atoms with Crippen LogP contribution in [-0.4, -0.2) is 16.7 Å². The van der Waals surface area contributed by atoms with Crippen LogP contribution in [0.3, 0.4) is 0 Å². The van der Waals surface area contributed by atoms with Gasteiger partial charge in [-0.15, -0.1) is 0 Å². The van der Waals surface area contributed by atoms with Gasteiger partial charge in [0.2, 0.25) is 0 Å². The summed E-state index contributed by atoms with van der Waals surface area (Å²) in [6.45, 7) is 0.786. The number of fused-ring (bicyclic) bond motifs is 1. The molecule has 0 saturated heterocycles. The molecule has 0 aliphatic heterocycles. The average Bonchev–Trinajstić information content (AvgIpc) is 2.59. The normalized spacial score (nSPS) is 12.4. The first kappa shape index (κ1) is 15.9. The highest BCUT2D eigenvalue weighted by Gasteiger charge is 2.12. The molecule has 0 fully saturated rings. The van der Waals surface area contributed by atoms with Crippen LogP contribution >= 0.6 is 11.6 Å². The number of aliphatic hydroxyl groups is 1. The van der Waals surface area contributed by atoms with Crippen molar-refractivity contribution in [3.63, 3.8) is 0 Å². The van der Waals surface area contributed by atoms with Crippen molar-refractivity contribution in [2.24, 2.45) is 0 Å². The van der Waals surface area contributed by atoms with Crippen molar-refractivity contribution in [1.29, 1.82) is 0 Å². The number of hydrogen-bond acceptors (Lipinski definition) is 3. The summed E-state index contributed by atoms with van der Waals surface area (Å²) in [4.78, 5) is 4.47. The van der Waals surface area contributed by atoms with E-state index >= 15 is 0 Å². The van der Waals surface area contributed by atoms with Gasteiger partial charge in [0.1, 0.15) is 0 Å². The lowest BCUT2D eigenvalue weighted by Gasteiger charge is -2.19. The Balaban J connectivity index is 1.84. The van der Waals surface area contributed by atoms with Crippen molar-refractivity contribution in [2.75, 3.05) is 6.61 Å². The van der Waals surface area contributed by atoms with Gasteiger partial charge in [0.15, 0.2) is 0 Å². The van der Waals surface area contributed by atoms with Gasteiger partial charge in [-0.2, -0.15) is 0 Å². The SMILES string of the molecule is OCC[C@@H](NCc1cc(Cl)cc2cccnc12)c1ccccc1. The molecule has 23 heavy (non-hydrogen) atoms. The summed E-state index contributed by atoms with van der Waals surface area (Å²) >= 11 is 6.22. The summed E-state index contributed by atoms with van der Waals surface area (Å²) in [6.07, 6.45) is 2.46. The molecule has 1 atom stereocenters. The largest absolute Gasteiger partial charge is 0.396 e. The van der Waals surface area contributed by atoms with Crippen LogP contribution in [-0.2, 0) is 6.54 Å². The number of aliphatic hydroxyl groups excluding tert-OH is 1. The zero-order valence-electron chi connectivity index (χ0n) is 12.7. The van der Waals surface area contributed by atoms with E-state index in [2.05, 4.69) is 22.4 Å². The van der Waals surface area contributed by atoms with Gasteiger partial charge >= 0.3 is 0 Å². The van der Waals surface area contributed by atoms with E-state index in [1.165, 1.54) is 5.56 Å². The molecule has 0 unspecified atom stereocenters. The molecule has 3 rings (SSSR count). The molecule has 0 aliphatic rings. The van der Waals surface area contributed by atoms with Gasteiger partial charge in [-0.25, -0.2) is 0 Å². The Bertz CT molecular complexity index is 777. The van der Waals surface area contributed by atoms with Crippen LogP contribution in [0.4, 0.5) is 0 Å². The summed E-state index contributed by atoms with van der Waals surface area (Å²) in [6, 6.07) is 18.1. The highest BCUT2D eigenvalue weighted by Crippen LogP contribution is 2.23. The number of rotatable bonds is 6. The monoisotopic (exact) mass is 326 g/mol. The van der Waals surface area contributed by atoms with Crippen LogP contribution in [0.25, 0.3) is 10.9 Å². The number of nitrogens with zero attached hydrogens (tertiary/aromatic N) is 1. The molecule has 1 heterocycles. The Morgan fingerprint density at radius 3 is 2.70 bits per heavy atom. The van der Waals surface area contributed by atoms with Crippen molar-refractivity contribution in [1.82, 2.24) is 10.3 Å². The van der Waals surface area contributed by atoms with Crippen molar-refractivity contribution >= 4 is 22.5 Å². The smallest absolute Gasteiger partial charge is 0.0747 e. The second-order valence-electron chi connectivity index (χ2n) is 5.50. The second-order valence-corrected chi connectivity index (χ2v) is 5.93. The lowest BCUT2D eigenvalue weighted by molar-refractivity contribution is 0.265. The molecule has 3 aromatic rings. The number of aromatic nitrogens is 1. The predicted molar refractivity (Wildman–Crippen MR) is 94.5 cm³/mol. The minimum Gasteiger partial charge on any atom is -0.396 e. The molecule has 0 bridgehead atoms. The van der Waals surface area contributed by atoms with Crippen molar-refractivity contribution < 1.29 is 5.11 Å². The third-order valence-corrected chi connectivity index (χ3v) is 4.13. The third-order valence-electron chi connectivity index (χ3n) is 3.91. The average molecular weight is 327 g/mol. The minimum atomic E-state index is 0.0962. The molecule has 1 aromatic heterocycles. The van der Waals surface area contributed by atoms with E-state index in [4.69, 9.17) is 11.6 Å². The van der Waals surface area contributed by atoms with Crippen LogP contribution in [0.2, 0.25) is 5.02 Å². The maximum Gasteiger partial charge on any atom is 0.0747 e. The quantitative estimate of drug-likeness (QED) is 0.716. The van der Waals surface area contributed by atoms with E-state index < -0.39 is 0 Å². The first-order valence-corrected chi connectivity index (χ1v) is 8.08. The van der Waals surface area contributed by atoms with Crippen molar-refractivity contribution in [3.05, 3.63) is 76.9 Å². The fourth-order valence-corrected chi connectivity index (χ4v) is 3.05. The van der Waals surface area contributed by atoms with Crippen LogP contribution < -0.4 is 5.32 Å². The maximum absolute atomic E-state index is 9.34. The Morgan fingerprint density at radius 2 is 1.91 bits per heavy atom. The van der Waals surface area contributed by atoms with Crippen molar-refractivity contribution in [3.8, 4) is 0 Å². The van der Waals surface area contributed by atoms with Gasteiger partial charge in [-0.3, -0.25) is 4.98 Å². The number of nitrogens with one attached hydrogen (secondary N) is 1. The van der Waals surface area contributed by atoms with Gasteiger partial charge in [-0.1, -0.05) is 48.0 Å². The summed E-state index contributed by atoms with van der Waals surface area (Å²) in [5.74, 6) is 0. The number of pyridine rings is 1. The van der Waals surface area contributed by atoms with Gasteiger partial charge in [0.25, 0.3) is 0 Å². The lowest BCUT2D eigenvalue weighted by atomic mass is 10.0. The molecule has 0 aliphatic carbocycles. The summed E-state index contributed by atoms with van der Waals surface area (Å²) in [5, 5.41) is 14.6. The van der Waals surface area contributed by atoms with Gasteiger partial charge in [0, 0.05) is 35.8 Å².